The van der Waals surface area contributed by atoms with Gasteiger partial charge < -0.3 is 15.4 Å². The van der Waals surface area contributed by atoms with Crippen LogP contribution >= 0.6 is 0 Å². The number of nitrogens with one attached hydrogen (secondary N) is 2. The van der Waals surface area contributed by atoms with Gasteiger partial charge in [-0.2, -0.15) is 0 Å². The van der Waals surface area contributed by atoms with E-state index in [2.05, 4.69) is 17.6 Å². The van der Waals surface area contributed by atoms with Gasteiger partial charge in [0, 0.05) is 19.8 Å². The van der Waals surface area contributed by atoms with Gasteiger partial charge in [-0.25, -0.2) is 0 Å². The molecule has 90 valence electrons. The van der Waals surface area contributed by atoms with Crippen LogP contribution in [0, 0.1) is 0 Å². The molecule has 0 aromatic rings. The van der Waals surface area contributed by atoms with Crippen molar-refractivity contribution in [2.45, 2.75) is 33.1 Å². The van der Waals surface area contributed by atoms with Crippen LogP contribution in [0.1, 0.15) is 33.1 Å². The smallest absolute Gasteiger partial charge is 0.233 e. The van der Waals surface area contributed by atoms with Gasteiger partial charge in [-0.3, -0.25) is 4.79 Å². The van der Waals surface area contributed by atoms with Crippen LogP contribution in [0.3, 0.4) is 0 Å². The summed E-state index contributed by atoms with van der Waals surface area (Å²) in [6.07, 6.45) is 3.05. The number of carbonyl (C=O) groups is 1. The van der Waals surface area contributed by atoms with Gasteiger partial charge in [0.05, 0.1) is 6.54 Å². The first kappa shape index (κ1) is 14.4. The van der Waals surface area contributed by atoms with Crippen molar-refractivity contribution in [3.05, 3.63) is 0 Å². The van der Waals surface area contributed by atoms with Crippen molar-refractivity contribution in [3.8, 4) is 0 Å². The maximum atomic E-state index is 11.2. The van der Waals surface area contributed by atoms with Crippen LogP contribution in [0.2, 0.25) is 0 Å². The van der Waals surface area contributed by atoms with Gasteiger partial charge in [0.2, 0.25) is 5.91 Å². The second-order valence-corrected chi connectivity index (χ2v) is 3.43. The molecule has 4 heteroatoms. The third-order valence-corrected chi connectivity index (χ3v) is 1.95. The van der Waals surface area contributed by atoms with Crippen molar-refractivity contribution in [1.82, 2.24) is 10.6 Å². The van der Waals surface area contributed by atoms with Crippen molar-refractivity contribution in [3.63, 3.8) is 0 Å². The predicted octanol–water partition coefficient (Wildman–Crippen LogP) is 0.919. The van der Waals surface area contributed by atoms with Gasteiger partial charge in [0.15, 0.2) is 0 Å². The molecular formula is C11H24N2O2. The predicted molar refractivity (Wildman–Crippen MR) is 61.9 cm³/mol. The molecule has 1 amide bonds. The first-order valence-electron chi connectivity index (χ1n) is 5.86. The molecule has 4 nitrogen and oxygen atoms in total. The summed E-state index contributed by atoms with van der Waals surface area (Å²) < 4.78 is 5.19. The largest absolute Gasteiger partial charge is 0.382 e. The zero-order chi connectivity index (χ0) is 11.4. The van der Waals surface area contributed by atoms with Crippen LogP contribution in [0.4, 0.5) is 0 Å². The number of amides is 1. The Morgan fingerprint density at radius 1 is 1.20 bits per heavy atom. The van der Waals surface area contributed by atoms with Crippen molar-refractivity contribution in [2.24, 2.45) is 0 Å². The lowest BCUT2D eigenvalue weighted by atomic mass is 10.3. The molecule has 0 saturated heterocycles. The molecule has 0 rings (SSSR count). The molecule has 0 radical (unpaired) electrons. The molecule has 0 atom stereocenters. The van der Waals surface area contributed by atoms with Gasteiger partial charge in [-0.1, -0.05) is 6.92 Å². The van der Waals surface area contributed by atoms with E-state index in [0.29, 0.717) is 6.54 Å². The summed E-state index contributed by atoms with van der Waals surface area (Å²) in [6.45, 7) is 7.71. The standard InChI is InChI=1S/C11H24N2O2/c1-3-7-12-10-11(14)13-8-5-6-9-15-4-2/h12H,3-10H2,1-2H3,(H,13,14). The molecule has 0 aliphatic heterocycles. The Labute approximate surface area is 92.8 Å². The quantitative estimate of drug-likeness (QED) is 0.534. The fourth-order valence-electron chi connectivity index (χ4n) is 1.14. The maximum Gasteiger partial charge on any atom is 0.233 e. The summed E-state index contributed by atoms with van der Waals surface area (Å²) >= 11 is 0. The lowest BCUT2D eigenvalue weighted by Crippen LogP contribution is -2.34. The van der Waals surface area contributed by atoms with E-state index in [0.717, 1.165) is 45.6 Å². The summed E-state index contributed by atoms with van der Waals surface area (Å²) in [5.41, 5.74) is 0. The van der Waals surface area contributed by atoms with Crippen LogP contribution in [0.15, 0.2) is 0 Å². The number of rotatable bonds is 10. The van der Waals surface area contributed by atoms with E-state index in [1.165, 1.54) is 0 Å². The van der Waals surface area contributed by atoms with Crippen LogP contribution in [0.25, 0.3) is 0 Å². The van der Waals surface area contributed by atoms with Crippen molar-refractivity contribution >= 4 is 5.91 Å². The fraction of sp³-hybridized carbons (Fsp3) is 0.909. The highest BCUT2D eigenvalue weighted by atomic mass is 16.5. The lowest BCUT2D eigenvalue weighted by Gasteiger charge is -2.05. The van der Waals surface area contributed by atoms with E-state index in [4.69, 9.17) is 4.74 Å². The zero-order valence-electron chi connectivity index (χ0n) is 9.97. The average molecular weight is 216 g/mol. The van der Waals surface area contributed by atoms with Crippen LogP contribution in [0.5, 0.6) is 0 Å². The highest BCUT2D eigenvalue weighted by molar-refractivity contribution is 5.77. The number of unbranched alkanes of at least 4 members (excludes halogenated alkanes) is 1. The minimum absolute atomic E-state index is 0.0832. The van der Waals surface area contributed by atoms with Crippen LogP contribution in [-0.4, -0.2) is 38.8 Å². The minimum atomic E-state index is 0.0832. The highest BCUT2D eigenvalue weighted by Gasteiger charge is 1.98. The molecule has 0 aliphatic carbocycles. The molecule has 2 N–H and O–H groups in total. The summed E-state index contributed by atoms with van der Waals surface area (Å²) in [7, 11) is 0. The molecule has 0 aromatic carbocycles. The topological polar surface area (TPSA) is 50.4 Å². The Morgan fingerprint density at radius 3 is 2.67 bits per heavy atom. The third kappa shape index (κ3) is 11.3. The van der Waals surface area contributed by atoms with E-state index < -0.39 is 0 Å². The summed E-state index contributed by atoms with van der Waals surface area (Å²) in [6, 6.07) is 0. The Bertz CT molecular complexity index is 152. The van der Waals surface area contributed by atoms with E-state index in [-0.39, 0.29) is 5.91 Å². The van der Waals surface area contributed by atoms with E-state index in [9.17, 15) is 4.79 Å². The molecule has 0 spiro atoms. The van der Waals surface area contributed by atoms with Gasteiger partial charge in [-0.15, -0.1) is 0 Å². The molecule has 0 bridgehead atoms. The Hall–Kier alpha value is -0.610. The molecule has 15 heavy (non-hydrogen) atoms. The number of hydrogen-bond donors (Lipinski definition) is 2. The molecule has 0 saturated carbocycles. The Kier molecular flexibility index (Phi) is 11.0. The van der Waals surface area contributed by atoms with E-state index in [1.807, 2.05) is 6.92 Å². The van der Waals surface area contributed by atoms with E-state index in [1.54, 1.807) is 0 Å². The average Bonchev–Trinajstić information content (AvgIpc) is 2.23. The normalized spacial score (nSPS) is 10.3. The number of hydrogen-bond acceptors (Lipinski definition) is 3. The van der Waals surface area contributed by atoms with Gasteiger partial charge in [0.1, 0.15) is 0 Å². The maximum absolute atomic E-state index is 11.2. The molecule has 0 heterocycles. The molecule has 0 aliphatic rings. The third-order valence-electron chi connectivity index (χ3n) is 1.95. The van der Waals surface area contributed by atoms with E-state index >= 15 is 0 Å². The van der Waals surface area contributed by atoms with Gasteiger partial charge >= 0.3 is 0 Å². The summed E-state index contributed by atoms with van der Waals surface area (Å²) in [5.74, 6) is 0.0832. The molecule has 0 aromatic heterocycles. The number of ether oxygens (including phenoxy) is 1. The Balaban J connectivity index is 3.10. The molecule has 0 fully saturated rings. The highest BCUT2D eigenvalue weighted by Crippen LogP contribution is 1.87. The number of carbonyl (C=O) groups excluding carboxylic acids is 1. The summed E-state index contributed by atoms with van der Waals surface area (Å²) in [5, 5.41) is 5.92. The van der Waals surface area contributed by atoms with Crippen molar-refractivity contribution in [2.75, 3.05) is 32.8 Å². The first-order valence-corrected chi connectivity index (χ1v) is 5.86. The van der Waals surface area contributed by atoms with Gasteiger partial charge in [0.25, 0.3) is 0 Å². The molecule has 0 unspecified atom stereocenters. The zero-order valence-corrected chi connectivity index (χ0v) is 9.97. The summed E-state index contributed by atoms with van der Waals surface area (Å²) in [4.78, 5) is 11.2. The van der Waals surface area contributed by atoms with Crippen molar-refractivity contribution in [1.29, 1.82) is 0 Å². The second-order valence-electron chi connectivity index (χ2n) is 3.43. The fourth-order valence-corrected chi connectivity index (χ4v) is 1.14. The van der Waals surface area contributed by atoms with Crippen LogP contribution < -0.4 is 10.6 Å². The SMILES string of the molecule is CCCNCC(=O)NCCCCOCC. The van der Waals surface area contributed by atoms with Crippen molar-refractivity contribution < 1.29 is 9.53 Å². The lowest BCUT2D eigenvalue weighted by molar-refractivity contribution is -0.120. The van der Waals surface area contributed by atoms with Gasteiger partial charge in [-0.05, 0) is 32.7 Å². The molecular weight excluding hydrogens is 192 g/mol. The second kappa shape index (κ2) is 11.5. The first-order chi connectivity index (χ1) is 7.31. The van der Waals surface area contributed by atoms with Crippen LogP contribution in [-0.2, 0) is 9.53 Å². The Morgan fingerprint density at radius 2 is 2.00 bits per heavy atom. The minimum Gasteiger partial charge on any atom is -0.382 e. The monoisotopic (exact) mass is 216 g/mol.